The Bertz CT molecular complexity index is 433. The molecule has 1 aromatic rings. The molecular weight excluding hydrogens is 229 g/mol. The van der Waals surface area contributed by atoms with Crippen LogP contribution in [0.5, 0.6) is 0 Å². The monoisotopic (exact) mass is 241 g/mol. The Balaban J connectivity index is 2.85. The van der Waals surface area contributed by atoms with E-state index in [1.807, 2.05) is 5.32 Å². The zero-order chi connectivity index (χ0) is 13.0. The van der Waals surface area contributed by atoms with Gasteiger partial charge < -0.3 is 15.5 Å². The van der Waals surface area contributed by atoms with E-state index in [1.165, 1.54) is 25.1 Å². The topological polar surface area (TPSA) is 86.6 Å². The summed E-state index contributed by atoms with van der Waals surface area (Å²) in [6.45, 7) is 1.22. The number of halogens is 1. The van der Waals surface area contributed by atoms with Crippen molar-refractivity contribution in [3.63, 3.8) is 0 Å². The van der Waals surface area contributed by atoms with E-state index in [2.05, 4.69) is 0 Å². The number of carbonyl (C=O) groups is 2. The first-order valence-corrected chi connectivity index (χ1v) is 4.89. The van der Waals surface area contributed by atoms with Gasteiger partial charge in [0.1, 0.15) is 5.82 Å². The van der Waals surface area contributed by atoms with E-state index in [0.717, 1.165) is 6.07 Å². The summed E-state index contributed by atoms with van der Waals surface area (Å²) in [5.41, 5.74) is -0.264. The second-order valence-electron chi connectivity index (χ2n) is 3.51. The minimum absolute atomic E-state index is 0.264. The number of aliphatic hydroxyl groups is 1. The molecule has 0 aliphatic rings. The molecule has 6 heteroatoms. The van der Waals surface area contributed by atoms with Crippen molar-refractivity contribution in [1.29, 1.82) is 0 Å². The van der Waals surface area contributed by atoms with Gasteiger partial charge in [0.15, 0.2) is 6.04 Å². The molecule has 17 heavy (non-hydrogen) atoms. The van der Waals surface area contributed by atoms with E-state index in [-0.39, 0.29) is 5.56 Å². The summed E-state index contributed by atoms with van der Waals surface area (Å²) in [5.74, 6) is -3.01. The molecule has 0 heterocycles. The van der Waals surface area contributed by atoms with Crippen molar-refractivity contribution < 1.29 is 24.2 Å². The molecule has 0 aliphatic heterocycles. The first-order chi connectivity index (χ1) is 7.93. The fraction of sp³-hybridized carbons (Fsp3) is 0.273. The molecule has 0 saturated heterocycles. The zero-order valence-corrected chi connectivity index (χ0v) is 9.05. The lowest BCUT2D eigenvalue weighted by molar-refractivity contribution is -0.141. The maximum Gasteiger partial charge on any atom is 0.328 e. The van der Waals surface area contributed by atoms with Gasteiger partial charge in [-0.25, -0.2) is 9.18 Å². The predicted octanol–water partition coefficient (Wildman–Crippen LogP) is 0.389. The smallest absolute Gasteiger partial charge is 0.328 e. The summed E-state index contributed by atoms with van der Waals surface area (Å²) in [5, 5.41) is 19.9. The molecule has 5 nitrogen and oxygen atoms in total. The molecular formula is C11H12FNO4. The lowest BCUT2D eigenvalue weighted by atomic mass is 10.1. The van der Waals surface area contributed by atoms with Gasteiger partial charge in [-0.1, -0.05) is 12.1 Å². The number of hydrogen-bond acceptors (Lipinski definition) is 3. The van der Waals surface area contributed by atoms with E-state index in [9.17, 15) is 14.0 Å². The second-order valence-corrected chi connectivity index (χ2v) is 3.51. The normalized spacial score (nSPS) is 13.8. The standard InChI is InChI=1S/C11H12FNO4/c1-6(14)9(11(16)17)13-10(15)7-4-2-3-5-8(7)12/h2-6,9,14H,1H3,(H,13,15)(H,16,17). The first kappa shape index (κ1) is 13.1. The molecule has 0 aromatic heterocycles. The Kier molecular flexibility index (Phi) is 4.17. The summed E-state index contributed by atoms with van der Waals surface area (Å²) in [6, 6.07) is 3.71. The number of rotatable bonds is 4. The summed E-state index contributed by atoms with van der Waals surface area (Å²) >= 11 is 0. The number of carboxylic acid groups (broad SMARTS) is 1. The van der Waals surface area contributed by atoms with Crippen LogP contribution in [0.25, 0.3) is 0 Å². The van der Waals surface area contributed by atoms with Crippen LogP contribution in [0.4, 0.5) is 4.39 Å². The molecule has 1 rings (SSSR count). The zero-order valence-electron chi connectivity index (χ0n) is 9.05. The number of aliphatic hydroxyl groups excluding tert-OH is 1. The number of carbonyl (C=O) groups excluding carboxylic acids is 1. The summed E-state index contributed by atoms with van der Waals surface area (Å²) < 4.78 is 13.2. The molecule has 0 aliphatic carbocycles. The van der Waals surface area contributed by atoms with Gasteiger partial charge in [-0.3, -0.25) is 4.79 Å². The SMILES string of the molecule is CC(O)C(NC(=O)c1ccccc1F)C(=O)O. The van der Waals surface area contributed by atoms with Crippen LogP contribution in [-0.2, 0) is 4.79 Å². The van der Waals surface area contributed by atoms with Gasteiger partial charge in [0, 0.05) is 0 Å². The predicted molar refractivity (Wildman–Crippen MR) is 57.0 cm³/mol. The van der Waals surface area contributed by atoms with Gasteiger partial charge >= 0.3 is 5.97 Å². The quantitative estimate of drug-likeness (QED) is 0.711. The van der Waals surface area contributed by atoms with Crippen molar-refractivity contribution in [2.24, 2.45) is 0 Å². The van der Waals surface area contributed by atoms with Crippen LogP contribution in [0.15, 0.2) is 24.3 Å². The van der Waals surface area contributed by atoms with Gasteiger partial charge in [0.2, 0.25) is 0 Å². The minimum atomic E-state index is -1.47. The van der Waals surface area contributed by atoms with E-state index in [0.29, 0.717) is 0 Å². The summed E-state index contributed by atoms with van der Waals surface area (Å²) in [6.07, 6.45) is -1.27. The van der Waals surface area contributed by atoms with Crippen molar-refractivity contribution in [2.45, 2.75) is 19.1 Å². The average Bonchev–Trinajstić information content (AvgIpc) is 2.25. The molecule has 92 valence electrons. The van der Waals surface area contributed by atoms with Crippen LogP contribution in [0.3, 0.4) is 0 Å². The average molecular weight is 241 g/mol. The highest BCUT2D eigenvalue weighted by Gasteiger charge is 2.26. The van der Waals surface area contributed by atoms with Gasteiger partial charge in [0.05, 0.1) is 11.7 Å². The molecule has 0 bridgehead atoms. The lowest BCUT2D eigenvalue weighted by Crippen LogP contribution is -2.47. The van der Waals surface area contributed by atoms with Gasteiger partial charge in [0.25, 0.3) is 5.91 Å². The number of amides is 1. The Hall–Kier alpha value is -1.95. The second kappa shape index (κ2) is 5.40. The van der Waals surface area contributed by atoms with Crippen LogP contribution >= 0.6 is 0 Å². The molecule has 0 radical (unpaired) electrons. The molecule has 1 aromatic carbocycles. The van der Waals surface area contributed by atoms with Gasteiger partial charge in [-0.2, -0.15) is 0 Å². The van der Waals surface area contributed by atoms with E-state index in [4.69, 9.17) is 10.2 Å². The third-order valence-corrected chi connectivity index (χ3v) is 2.15. The fourth-order valence-corrected chi connectivity index (χ4v) is 1.25. The van der Waals surface area contributed by atoms with Crippen LogP contribution in [-0.4, -0.2) is 34.2 Å². The maximum atomic E-state index is 13.2. The molecule has 2 unspecified atom stereocenters. The van der Waals surface area contributed by atoms with Crippen LogP contribution in [0.2, 0.25) is 0 Å². The largest absolute Gasteiger partial charge is 0.480 e. The van der Waals surface area contributed by atoms with Crippen LogP contribution < -0.4 is 5.32 Å². The highest BCUT2D eigenvalue weighted by atomic mass is 19.1. The Morgan fingerprint density at radius 2 is 1.94 bits per heavy atom. The number of nitrogens with one attached hydrogen (secondary N) is 1. The Labute approximate surface area is 96.9 Å². The van der Waals surface area contributed by atoms with Crippen molar-refractivity contribution >= 4 is 11.9 Å². The van der Waals surface area contributed by atoms with Crippen molar-refractivity contribution in [1.82, 2.24) is 5.32 Å². The third-order valence-electron chi connectivity index (χ3n) is 2.15. The fourth-order valence-electron chi connectivity index (χ4n) is 1.25. The van der Waals surface area contributed by atoms with Gasteiger partial charge in [-0.15, -0.1) is 0 Å². The number of hydrogen-bond donors (Lipinski definition) is 3. The van der Waals surface area contributed by atoms with Crippen molar-refractivity contribution in [3.05, 3.63) is 35.6 Å². The molecule has 1 amide bonds. The van der Waals surface area contributed by atoms with E-state index in [1.54, 1.807) is 0 Å². The molecule has 0 saturated carbocycles. The first-order valence-electron chi connectivity index (χ1n) is 4.89. The summed E-state index contributed by atoms with van der Waals surface area (Å²) in [4.78, 5) is 22.3. The molecule has 0 spiro atoms. The van der Waals surface area contributed by atoms with E-state index >= 15 is 0 Å². The number of carboxylic acids is 1. The molecule has 3 N–H and O–H groups in total. The van der Waals surface area contributed by atoms with Crippen LogP contribution in [0.1, 0.15) is 17.3 Å². The number of aliphatic carboxylic acids is 1. The van der Waals surface area contributed by atoms with Crippen LogP contribution in [0, 0.1) is 5.82 Å². The minimum Gasteiger partial charge on any atom is -0.480 e. The lowest BCUT2D eigenvalue weighted by Gasteiger charge is -2.17. The highest BCUT2D eigenvalue weighted by molar-refractivity contribution is 5.96. The Morgan fingerprint density at radius 3 is 2.41 bits per heavy atom. The Morgan fingerprint density at radius 1 is 1.35 bits per heavy atom. The number of benzene rings is 1. The van der Waals surface area contributed by atoms with E-state index < -0.39 is 29.8 Å². The molecule has 0 fully saturated rings. The molecule has 2 atom stereocenters. The van der Waals surface area contributed by atoms with Gasteiger partial charge in [-0.05, 0) is 19.1 Å². The summed E-state index contributed by atoms with van der Waals surface area (Å²) in [7, 11) is 0. The van der Waals surface area contributed by atoms with Crippen molar-refractivity contribution in [2.75, 3.05) is 0 Å². The third kappa shape index (κ3) is 3.25. The maximum absolute atomic E-state index is 13.2. The highest BCUT2D eigenvalue weighted by Crippen LogP contribution is 2.07. The van der Waals surface area contributed by atoms with Crippen molar-refractivity contribution in [3.8, 4) is 0 Å².